The highest BCUT2D eigenvalue weighted by molar-refractivity contribution is 6.30. The van der Waals surface area contributed by atoms with Gasteiger partial charge in [0.15, 0.2) is 5.76 Å². The Labute approximate surface area is 120 Å². The van der Waals surface area contributed by atoms with Crippen molar-refractivity contribution in [2.75, 3.05) is 6.54 Å². The van der Waals surface area contributed by atoms with Crippen LogP contribution in [0.5, 0.6) is 0 Å². The molecule has 104 valence electrons. The van der Waals surface area contributed by atoms with Crippen LogP contribution in [0, 0.1) is 0 Å². The summed E-state index contributed by atoms with van der Waals surface area (Å²) in [6.07, 6.45) is 1.40. The van der Waals surface area contributed by atoms with Gasteiger partial charge in [0, 0.05) is 11.6 Å². The molecule has 5 nitrogen and oxygen atoms in total. The van der Waals surface area contributed by atoms with Crippen LogP contribution in [0.4, 0.5) is 0 Å². The van der Waals surface area contributed by atoms with E-state index in [4.69, 9.17) is 16.0 Å². The van der Waals surface area contributed by atoms with Gasteiger partial charge in [0.2, 0.25) is 5.91 Å². The minimum absolute atomic E-state index is 0.104. The number of furan rings is 1. The lowest BCUT2D eigenvalue weighted by molar-refractivity contribution is -0.120. The standard InChI is InChI=1S/C14H13ClN2O3/c15-11-5-3-10(4-6-11)8-16-13(18)9-17-14(19)12-2-1-7-20-12/h1-7H,8-9H2,(H,16,18)(H,17,19). The van der Waals surface area contributed by atoms with E-state index in [0.29, 0.717) is 11.6 Å². The Morgan fingerprint density at radius 2 is 1.85 bits per heavy atom. The average Bonchev–Trinajstić information content (AvgIpc) is 2.98. The third-order valence-electron chi connectivity index (χ3n) is 2.56. The molecule has 0 aliphatic heterocycles. The number of halogens is 1. The fourth-order valence-corrected chi connectivity index (χ4v) is 1.65. The number of nitrogens with one attached hydrogen (secondary N) is 2. The van der Waals surface area contributed by atoms with Crippen LogP contribution in [-0.4, -0.2) is 18.4 Å². The van der Waals surface area contributed by atoms with Crippen LogP contribution in [0.25, 0.3) is 0 Å². The largest absolute Gasteiger partial charge is 0.459 e. The van der Waals surface area contributed by atoms with Gasteiger partial charge < -0.3 is 15.1 Å². The van der Waals surface area contributed by atoms with Crippen molar-refractivity contribution in [3.8, 4) is 0 Å². The van der Waals surface area contributed by atoms with Gasteiger partial charge in [0.1, 0.15) is 0 Å². The van der Waals surface area contributed by atoms with Crippen LogP contribution >= 0.6 is 11.6 Å². The molecule has 20 heavy (non-hydrogen) atoms. The Bertz CT molecular complexity index is 579. The lowest BCUT2D eigenvalue weighted by atomic mass is 10.2. The maximum absolute atomic E-state index is 11.6. The van der Waals surface area contributed by atoms with Gasteiger partial charge in [-0.3, -0.25) is 9.59 Å². The van der Waals surface area contributed by atoms with E-state index in [1.807, 2.05) is 12.1 Å². The molecule has 0 aliphatic carbocycles. The minimum atomic E-state index is -0.420. The topological polar surface area (TPSA) is 71.3 Å². The molecule has 1 aromatic heterocycles. The molecule has 1 aromatic carbocycles. The quantitative estimate of drug-likeness (QED) is 0.885. The normalized spacial score (nSPS) is 10.1. The third kappa shape index (κ3) is 4.13. The Morgan fingerprint density at radius 3 is 2.50 bits per heavy atom. The van der Waals surface area contributed by atoms with Crippen molar-refractivity contribution in [1.82, 2.24) is 10.6 Å². The maximum atomic E-state index is 11.6. The molecule has 0 fully saturated rings. The van der Waals surface area contributed by atoms with Crippen molar-refractivity contribution in [3.63, 3.8) is 0 Å². The summed E-state index contributed by atoms with van der Waals surface area (Å²) in [7, 11) is 0. The summed E-state index contributed by atoms with van der Waals surface area (Å²) in [5.41, 5.74) is 0.931. The highest BCUT2D eigenvalue weighted by Crippen LogP contribution is 2.08. The van der Waals surface area contributed by atoms with Crippen molar-refractivity contribution >= 4 is 23.4 Å². The van der Waals surface area contributed by atoms with Gasteiger partial charge in [-0.15, -0.1) is 0 Å². The molecule has 2 aromatic rings. The second-order valence-corrected chi connectivity index (χ2v) is 4.50. The van der Waals surface area contributed by atoms with Crippen molar-refractivity contribution in [2.45, 2.75) is 6.54 Å². The smallest absolute Gasteiger partial charge is 0.287 e. The Balaban J connectivity index is 1.73. The maximum Gasteiger partial charge on any atom is 0.287 e. The molecular formula is C14H13ClN2O3. The molecule has 6 heteroatoms. The molecule has 2 N–H and O–H groups in total. The van der Waals surface area contributed by atoms with Crippen molar-refractivity contribution < 1.29 is 14.0 Å². The third-order valence-corrected chi connectivity index (χ3v) is 2.81. The first kappa shape index (κ1) is 14.1. The monoisotopic (exact) mass is 292 g/mol. The molecule has 0 saturated heterocycles. The number of hydrogen-bond donors (Lipinski definition) is 2. The first-order valence-corrected chi connectivity index (χ1v) is 6.36. The molecule has 2 rings (SSSR count). The predicted octanol–water partition coefficient (Wildman–Crippen LogP) is 1.98. The summed E-state index contributed by atoms with van der Waals surface area (Å²) in [6, 6.07) is 10.3. The van der Waals surface area contributed by atoms with Gasteiger partial charge in [0.25, 0.3) is 5.91 Å². The van der Waals surface area contributed by atoms with Crippen LogP contribution < -0.4 is 10.6 Å². The molecule has 0 saturated carbocycles. The number of benzene rings is 1. The summed E-state index contributed by atoms with van der Waals surface area (Å²) in [4.78, 5) is 23.1. The number of carbonyl (C=O) groups excluding carboxylic acids is 2. The highest BCUT2D eigenvalue weighted by atomic mass is 35.5. The fraction of sp³-hybridized carbons (Fsp3) is 0.143. The van der Waals surface area contributed by atoms with Crippen LogP contribution in [0.1, 0.15) is 16.1 Å². The second kappa shape index (κ2) is 6.77. The van der Waals surface area contributed by atoms with Gasteiger partial charge in [-0.05, 0) is 29.8 Å². The van der Waals surface area contributed by atoms with Gasteiger partial charge >= 0.3 is 0 Å². The summed E-state index contributed by atoms with van der Waals surface area (Å²) in [5.74, 6) is -0.521. The van der Waals surface area contributed by atoms with E-state index in [1.54, 1.807) is 18.2 Å². The predicted molar refractivity (Wildman–Crippen MR) is 74.3 cm³/mol. The molecular weight excluding hydrogens is 280 g/mol. The molecule has 0 radical (unpaired) electrons. The van der Waals surface area contributed by atoms with E-state index in [-0.39, 0.29) is 18.2 Å². The molecule has 2 amide bonds. The second-order valence-electron chi connectivity index (χ2n) is 4.06. The first-order chi connectivity index (χ1) is 9.65. The van der Waals surface area contributed by atoms with Crippen LogP contribution in [0.15, 0.2) is 47.1 Å². The van der Waals surface area contributed by atoms with E-state index in [2.05, 4.69) is 10.6 Å². The van der Waals surface area contributed by atoms with Crippen LogP contribution in [0.2, 0.25) is 5.02 Å². The van der Waals surface area contributed by atoms with Gasteiger partial charge in [-0.1, -0.05) is 23.7 Å². The van der Waals surface area contributed by atoms with E-state index in [1.165, 1.54) is 12.3 Å². The van der Waals surface area contributed by atoms with Crippen molar-refractivity contribution in [2.24, 2.45) is 0 Å². The summed E-state index contributed by atoms with van der Waals surface area (Å²) in [5, 5.41) is 5.80. The number of amides is 2. The molecule has 0 unspecified atom stereocenters. The lowest BCUT2D eigenvalue weighted by Gasteiger charge is -2.06. The fourth-order valence-electron chi connectivity index (χ4n) is 1.52. The lowest BCUT2D eigenvalue weighted by Crippen LogP contribution is -2.36. The molecule has 0 aliphatic rings. The Morgan fingerprint density at radius 1 is 1.10 bits per heavy atom. The highest BCUT2D eigenvalue weighted by Gasteiger charge is 2.09. The van der Waals surface area contributed by atoms with Crippen LogP contribution in [-0.2, 0) is 11.3 Å². The molecule has 0 atom stereocenters. The molecule has 1 heterocycles. The minimum Gasteiger partial charge on any atom is -0.459 e. The van der Waals surface area contributed by atoms with Gasteiger partial charge in [-0.25, -0.2) is 0 Å². The van der Waals surface area contributed by atoms with E-state index >= 15 is 0 Å². The average molecular weight is 293 g/mol. The Kier molecular flexibility index (Phi) is 4.79. The zero-order valence-corrected chi connectivity index (χ0v) is 11.3. The summed E-state index contributed by atoms with van der Waals surface area (Å²) in [6.45, 7) is 0.278. The number of carbonyl (C=O) groups is 2. The zero-order valence-electron chi connectivity index (χ0n) is 10.6. The van der Waals surface area contributed by atoms with Gasteiger partial charge in [-0.2, -0.15) is 0 Å². The van der Waals surface area contributed by atoms with E-state index in [0.717, 1.165) is 5.56 Å². The van der Waals surface area contributed by atoms with Crippen molar-refractivity contribution in [1.29, 1.82) is 0 Å². The SMILES string of the molecule is O=C(CNC(=O)c1ccco1)NCc1ccc(Cl)cc1. The van der Waals surface area contributed by atoms with Gasteiger partial charge in [0.05, 0.1) is 12.8 Å². The van der Waals surface area contributed by atoms with Crippen LogP contribution in [0.3, 0.4) is 0 Å². The number of rotatable bonds is 5. The molecule has 0 spiro atoms. The van der Waals surface area contributed by atoms with Crippen molar-refractivity contribution in [3.05, 3.63) is 59.0 Å². The summed E-state index contributed by atoms with van der Waals surface area (Å²) >= 11 is 5.76. The zero-order chi connectivity index (χ0) is 14.4. The van der Waals surface area contributed by atoms with E-state index < -0.39 is 5.91 Å². The first-order valence-electron chi connectivity index (χ1n) is 5.98. The van der Waals surface area contributed by atoms with E-state index in [9.17, 15) is 9.59 Å². The molecule has 0 bridgehead atoms. The summed E-state index contributed by atoms with van der Waals surface area (Å²) < 4.78 is 4.91. The number of hydrogen-bond acceptors (Lipinski definition) is 3. The Hall–Kier alpha value is -2.27.